The Kier molecular flexibility index (Phi) is 5.70. The fourth-order valence-electron chi connectivity index (χ4n) is 2.18. The summed E-state index contributed by atoms with van der Waals surface area (Å²) in [6.07, 6.45) is 2.99. The fourth-order valence-corrected chi connectivity index (χ4v) is 2.89. The van der Waals surface area contributed by atoms with Crippen molar-refractivity contribution in [2.24, 2.45) is 0 Å². The second kappa shape index (κ2) is 8.15. The molecule has 0 aliphatic heterocycles. The zero-order valence-corrected chi connectivity index (χ0v) is 15.2. The molecule has 7 nitrogen and oxygen atoms in total. The summed E-state index contributed by atoms with van der Waals surface area (Å²) in [5.74, 6) is 2.56. The van der Waals surface area contributed by atoms with Gasteiger partial charge in [-0.15, -0.1) is 10.2 Å². The molecule has 0 aliphatic carbocycles. The highest BCUT2D eigenvalue weighted by Gasteiger charge is 2.19. The molecule has 0 bridgehead atoms. The number of benzene rings is 1. The van der Waals surface area contributed by atoms with E-state index in [1.54, 1.807) is 7.11 Å². The molecule has 132 valence electrons. The van der Waals surface area contributed by atoms with Gasteiger partial charge in [-0.3, -0.25) is 0 Å². The quantitative estimate of drug-likeness (QED) is 0.549. The van der Waals surface area contributed by atoms with Crippen LogP contribution in [0.5, 0.6) is 5.75 Å². The van der Waals surface area contributed by atoms with Crippen LogP contribution in [0, 0.1) is 0 Å². The van der Waals surface area contributed by atoms with E-state index in [4.69, 9.17) is 13.7 Å². The van der Waals surface area contributed by atoms with E-state index >= 15 is 0 Å². The van der Waals surface area contributed by atoms with Crippen LogP contribution in [0.1, 0.15) is 43.7 Å². The molecule has 1 atom stereocenters. The molecule has 0 spiro atoms. The lowest BCUT2D eigenvalue weighted by molar-refractivity contribution is 0.373. The number of nitrogens with zero attached hydrogens (tertiary/aromatic N) is 4. The van der Waals surface area contributed by atoms with Gasteiger partial charge in [0.25, 0.3) is 5.22 Å². The first-order valence-corrected chi connectivity index (χ1v) is 9.04. The van der Waals surface area contributed by atoms with Gasteiger partial charge in [0.15, 0.2) is 5.82 Å². The lowest BCUT2D eigenvalue weighted by Crippen LogP contribution is -1.91. The summed E-state index contributed by atoms with van der Waals surface area (Å²) in [7, 11) is 1.63. The monoisotopic (exact) mass is 360 g/mol. The van der Waals surface area contributed by atoms with Crippen LogP contribution in [-0.2, 0) is 6.42 Å². The Balaban J connectivity index is 1.64. The number of thioether (sulfide) groups is 1. The predicted octanol–water partition coefficient (Wildman–Crippen LogP) is 4.32. The molecule has 0 aliphatic rings. The van der Waals surface area contributed by atoms with Crippen molar-refractivity contribution in [3.05, 3.63) is 36.0 Å². The zero-order valence-electron chi connectivity index (χ0n) is 14.4. The minimum atomic E-state index is -0.0629. The van der Waals surface area contributed by atoms with Crippen LogP contribution in [-0.4, -0.2) is 27.4 Å². The van der Waals surface area contributed by atoms with Crippen molar-refractivity contribution in [2.45, 2.75) is 43.6 Å². The van der Waals surface area contributed by atoms with Crippen LogP contribution >= 0.6 is 11.8 Å². The van der Waals surface area contributed by atoms with Crippen LogP contribution in [0.25, 0.3) is 11.5 Å². The number of hydrogen-bond donors (Lipinski definition) is 0. The Morgan fingerprint density at radius 3 is 2.72 bits per heavy atom. The van der Waals surface area contributed by atoms with Gasteiger partial charge in [-0.1, -0.05) is 30.3 Å². The Labute approximate surface area is 150 Å². The number of rotatable bonds is 8. The van der Waals surface area contributed by atoms with E-state index in [1.165, 1.54) is 11.8 Å². The van der Waals surface area contributed by atoms with Crippen molar-refractivity contribution in [3.8, 4) is 17.2 Å². The van der Waals surface area contributed by atoms with E-state index in [0.29, 0.717) is 17.0 Å². The first kappa shape index (κ1) is 17.5. The molecule has 2 aromatic heterocycles. The highest BCUT2D eigenvalue weighted by molar-refractivity contribution is 7.99. The van der Waals surface area contributed by atoms with Gasteiger partial charge >= 0.3 is 0 Å². The van der Waals surface area contributed by atoms with Crippen molar-refractivity contribution in [3.63, 3.8) is 0 Å². The van der Waals surface area contributed by atoms with E-state index in [1.807, 2.05) is 31.2 Å². The van der Waals surface area contributed by atoms with Crippen LogP contribution in [0.3, 0.4) is 0 Å². The Morgan fingerprint density at radius 2 is 2.00 bits per heavy atom. The lowest BCUT2D eigenvalue weighted by Gasteiger charge is -2.01. The van der Waals surface area contributed by atoms with Gasteiger partial charge in [0, 0.05) is 12.0 Å². The second-order valence-corrected chi connectivity index (χ2v) is 6.81. The molecule has 3 rings (SSSR count). The second-order valence-electron chi connectivity index (χ2n) is 5.51. The molecule has 0 saturated heterocycles. The molecule has 0 fully saturated rings. The smallest absolute Gasteiger partial charge is 0.277 e. The third-order valence-electron chi connectivity index (χ3n) is 3.61. The van der Waals surface area contributed by atoms with Crippen LogP contribution in [0.2, 0.25) is 0 Å². The maximum atomic E-state index is 5.72. The third-order valence-corrected chi connectivity index (χ3v) is 4.53. The van der Waals surface area contributed by atoms with Gasteiger partial charge < -0.3 is 13.7 Å². The van der Waals surface area contributed by atoms with Crippen molar-refractivity contribution in [1.29, 1.82) is 0 Å². The van der Waals surface area contributed by atoms with Crippen molar-refractivity contribution in [1.82, 2.24) is 20.3 Å². The number of aromatic nitrogens is 4. The summed E-state index contributed by atoms with van der Waals surface area (Å²) in [6, 6.07) is 7.46. The summed E-state index contributed by atoms with van der Waals surface area (Å²) >= 11 is 1.40. The molecular formula is C17H20N4O3S. The number of hydrogen-bond acceptors (Lipinski definition) is 8. The van der Waals surface area contributed by atoms with E-state index < -0.39 is 0 Å². The Hall–Kier alpha value is -2.35. The molecule has 0 N–H and O–H groups in total. The van der Waals surface area contributed by atoms with Crippen LogP contribution < -0.4 is 4.74 Å². The summed E-state index contributed by atoms with van der Waals surface area (Å²) in [5, 5.41) is 12.6. The van der Waals surface area contributed by atoms with Crippen LogP contribution in [0.4, 0.5) is 0 Å². The van der Waals surface area contributed by atoms with Gasteiger partial charge in [0.05, 0.1) is 12.4 Å². The van der Waals surface area contributed by atoms with Gasteiger partial charge in [-0.05, 0) is 37.6 Å². The van der Waals surface area contributed by atoms with E-state index in [2.05, 4.69) is 27.3 Å². The molecule has 1 aromatic carbocycles. The molecule has 25 heavy (non-hydrogen) atoms. The number of aryl methyl sites for hydroxylation is 1. The number of unbranched alkanes of at least 4 members (excludes halogenated alkanes) is 1. The topological polar surface area (TPSA) is 87.1 Å². The average molecular weight is 360 g/mol. The lowest BCUT2D eigenvalue weighted by atomic mass is 10.2. The summed E-state index contributed by atoms with van der Waals surface area (Å²) < 4.78 is 16.2. The van der Waals surface area contributed by atoms with E-state index in [-0.39, 0.29) is 5.25 Å². The molecule has 2 heterocycles. The van der Waals surface area contributed by atoms with Crippen molar-refractivity contribution >= 4 is 11.8 Å². The van der Waals surface area contributed by atoms with Gasteiger partial charge in [-0.25, -0.2) is 0 Å². The summed E-state index contributed by atoms with van der Waals surface area (Å²) in [4.78, 5) is 4.43. The van der Waals surface area contributed by atoms with E-state index in [9.17, 15) is 0 Å². The molecule has 1 unspecified atom stereocenters. The highest BCUT2D eigenvalue weighted by Crippen LogP contribution is 2.34. The fraction of sp³-hybridized carbons (Fsp3) is 0.412. The van der Waals surface area contributed by atoms with E-state index in [0.717, 1.165) is 36.4 Å². The zero-order chi connectivity index (χ0) is 17.6. The van der Waals surface area contributed by atoms with Crippen molar-refractivity contribution in [2.75, 3.05) is 7.11 Å². The summed E-state index contributed by atoms with van der Waals surface area (Å²) in [6.45, 7) is 4.11. The molecule has 3 aromatic rings. The van der Waals surface area contributed by atoms with Gasteiger partial charge in [0.2, 0.25) is 11.8 Å². The van der Waals surface area contributed by atoms with Gasteiger partial charge in [-0.2, -0.15) is 4.98 Å². The highest BCUT2D eigenvalue weighted by atomic mass is 32.2. The van der Waals surface area contributed by atoms with Gasteiger partial charge in [0.1, 0.15) is 5.75 Å². The maximum Gasteiger partial charge on any atom is 0.277 e. The first-order chi connectivity index (χ1) is 12.2. The van der Waals surface area contributed by atoms with Crippen molar-refractivity contribution < 1.29 is 13.7 Å². The normalized spacial score (nSPS) is 12.3. The number of ether oxygens (including phenoxy) is 1. The molecule has 8 heteroatoms. The Bertz CT molecular complexity index is 800. The Morgan fingerprint density at radius 1 is 1.20 bits per heavy atom. The molecule has 0 amide bonds. The third kappa shape index (κ3) is 4.39. The molecular weight excluding hydrogens is 340 g/mol. The minimum Gasteiger partial charge on any atom is -0.497 e. The number of methoxy groups -OCH3 is 1. The average Bonchev–Trinajstić information content (AvgIpc) is 3.29. The standard InChI is InChI=1S/C17H20N4O3S/c1-4-5-6-14-18-15(24-21-14)11(2)25-17-20-19-16(23-17)12-7-9-13(22-3)10-8-12/h7-11H,4-6H2,1-3H3. The molecule has 0 radical (unpaired) electrons. The first-order valence-electron chi connectivity index (χ1n) is 8.16. The summed E-state index contributed by atoms with van der Waals surface area (Å²) in [5.41, 5.74) is 0.840. The molecule has 0 saturated carbocycles. The largest absolute Gasteiger partial charge is 0.497 e. The van der Waals surface area contributed by atoms with Crippen LogP contribution in [0.15, 0.2) is 38.4 Å². The maximum absolute atomic E-state index is 5.72. The SMILES string of the molecule is CCCCc1noc(C(C)Sc2nnc(-c3ccc(OC)cc3)o2)n1. The predicted molar refractivity (Wildman–Crippen MR) is 93.5 cm³/mol. The minimum absolute atomic E-state index is 0.0629.